The molecule has 0 unspecified atom stereocenters. The third-order valence-electron chi connectivity index (χ3n) is 2.67. The second kappa shape index (κ2) is 4.81. The minimum atomic E-state index is -0.182. The highest BCUT2D eigenvalue weighted by molar-refractivity contribution is 6.05. The van der Waals surface area contributed by atoms with E-state index in [1.807, 2.05) is 0 Å². The molecule has 2 heterocycles. The summed E-state index contributed by atoms with van der Waals surface area (Å²) in [5, 5.41) is 2.80. The lowest BCUT2D eigenvalue weighted by Gasteiger charge is -2.05. The van der Waals surface area contributed by atoms with Gasteiger partial charge in [-0.3, -0.25) is 19.7 Å². The van der Waals surface area contributed by atoms with Crippen LogP contribution in [-0.4, -0.2) is 20.9 Å². The van der Waals surface area contributed by atoms with E-state index < -0.39 is 0 Å². The summed E-state index contributed by atoms with van der Waals surface area (Å²) in [7, 11) is 0. The maximum absolute atomic E-state index is 12.1. The van der Waals surface area contributed by atoms with Crippen molar-refractivity contribution in [2.75, 3.05) is 5.32 Å². The second-order valence-electron chi connectivity index (χ2n) is 3.95. The number of pyridine rings is 1. The Labute approximate surface area is 109 Å². The molecule has 0 atom stereocenters. The normalized spacial score (nSPS) is 10.3. The highest BCUT2D eigenvalue weighted by atomic mass is 16.1. The first-order valence-corrected chi connectivity index (χ1v) is 5.75. The van der Waals surface area contributed by atoms with Crippen LogP contribution in [0.5, 0.6) is 0 Å². The first-order valence-electron chi connectivity index (χ1n) is 5.75. The summed E-state index contributed by atoms with van der Waals surface area (Å²) in [5.41, 5.74) is 2.72. The third-order valence-corrected chi connectivity index (χ3v) is 2.67. The van der Waals surface area contributed by atoms with E-state index in [0.717, 1.165) is 5.52 Å². The molecular weight excluding hydrogens is 240 g/mol. The Bertz CT molecular complexity index is 728. The highest BCUT2D eigenvalue weighted by Gasteiger charge is 2.07. The third kappa shape index (κ3) is 2.40. The number of carbonyl (C=O) groups is 1. The molecule has 1 aromatic carbocycles. The molecule has 19 heavy (non-hydrogen) atoms. The average Bonchev–Trinajstić information content (AvgIpc) is 2.48. The van der Waals surface area contributed by atoms with Crippen molar-refractivity contribution in [2.24, 2.45) is 0 Å². The van der Waals surface area contributed by atoms with Crippen molar-refractivity contribution >= 4 is 22.6 Å². The van der Waals surface area contributed by atoms with Crippen LogP contribution in [0, 0.1) is 0 Å². The lowest BCUT2D eigenvalue weighted by atomic mass is 10.2. The van der Waals surface area contributed by atoms with E-state index in [1.165, 1.54) is 0 Å². The number of carbonyl (C=O) groups excluding carboxylic acids is 1. The van der Waals surface area contributed by atoms with Crippen molar-refractivity contribution in [3.05, 3.63) is 60.7 Å². The van der Waals surface area contributed by atoms with Gasteiger partial charge in [-0.1, -0.05) is 0 Å². The molecule has 0 bridgehead atoms. The number of fused-ring (bicyclic) bond motifs is 1. The second-order valence-corrected chi connectivity index (χ2v) is 3.95. The molecule has 1 N–H and O–H groups in total. The van der Waals surface area contributed by atoms with Crippen molar-refractivity contribution in [1.82, 2.24) is 15.0 Å². The molecule has 0 radical (unpaired) electrons. The summed E-state index contributed by atoms with van der Waals surface area (Å²) in [6, 6.07) is 8.70. The minimum Gasteiger partial charge on any atom is -0.322 e. The summed E-state index contributed by atoms with van der Waals surface area (Å²) in [6.07, 6.45) is 6.48. The van der Waals surface area contributed by atoms with Gasteiger partial charge in [0.05, 0.1) is 11.0 Å². The Morgan fingerprint density at radius 2 is 1.63 bits per heavy atom. The molecule has 92 valence electrons. The zero-order valence-corrected chi connectivity index (χ0v) is 9.95. The lowest BCUT2D eigenvalue weighted by molar-refractivity contribution is 0.102. The first kappa shape index (κ1) is 11.3. The highest BCUT2D eigenvalue weighted by Crippen LogP contribution is 2.13. The first-order chi connectivity index (χ1) is 9.33. The van der Waals surface area contributed by atoms with E-state index in [-0.39, 0.29) is 5.91 Å². The van der Waals surface area contributed by atoms with Crippen molar-refractivity contribution in [3.63, 3.8) is 0 Å². The molecule has 5 nitrogen and oxygen atoms in total. The number of rotatable bonds is 2. The maximum atomic E-state index is 12.1. The number of anilines is 1. The van der Waals surface area contributed by atoms with Gasteiger partial charge in [0, 0.05) is 36.0 Å². The van der Waals surface area contributed by atoms with Crippen LogP contribution in [-0.2, 0) is 0 Å². The molecule has 0 saturated heterocycles. The molecule has 1 amide bonds. The van der Waals surface area contributed by atoms with Gasteiger partial charge in [0.15, 0.2) is 0 Å². The van der Waals surface area contributed by atoms with E-state index in [2.05, 4.69) is 20.3 Å². The van der Waals surface area contributed by atoms with E-state index in [4.69, 9.17) is 0 Å². The summed E-state index contributed by atoms with van der Waals surface area (Å²) >= 11 is 0. The fourth-order valence-electron chi connectivity index (χ4n) is 1.74. The molecule has 0 saturated carbocycles. The molecule has 0 spiro atoms. The standard InChI is InChI=1S/C14H10N4O/c19-14(18-11-3-5-15-6-4-11)10-1-2-12-13(9-10)17-8-7-16-12/h1-9H,(H,15,18,19). The van der Waals surface area contributed by atoms with Crippen molar-refractivity contribution in [1.29, 1.82) is 0 Å². The van der Waals surface area contributed by atoms with Crippen LogP contribution < -0.4 is 5.32 Å². The van der Waals surface area contributed by atoms with E-state index in [9.17, 15) is 4.79 Å². The van der Waals surface area contributed by atoms with Gasteiger partial charge >= 0.3 is 0 Å². The van der Waals surface area contributed by atoms with Crippen molar-refractivity contribution in [2.45, 2.75) is 0 Å². The van der Waals surface area contributed by atoms with Gasteiger partial charge in [-0.15, -0.1) is 0 Å². The molecule has 0 fully saturated rings. The van der Waals surface area contributed by atoms with Gasteiger partial charge < -0.3 is 5.32 Å². The summed E-state index contributed by atoms with van der Waals surface area (Å²) < 4.78 is 0. The van der Waals surface area contributed by atoms with E-state index in [0.29, 0.717) is 16.8 Å². The Balaban J connectivity index is 1.89. The predicted molar refractivity (Wildman–Crippen MR) is 71.7 cm³/mol. The maximum Gasteiger partial charge on any atom is 0.255 e. The molecule has 0 aliphatic carbocycles. The van der Waals surface area contributed by atoms with E-state index in [1.54, 1.807) is 55.1 Å². The molecule has 3 aromatic rings. The topological polar surface area (TPSA) is 67.8 Å². The monoisotopic (exact) mass is 250 g/mol. The molecule has 3 rings (SSSR count). The number of nitrogens with one attached hydrogen (secondary N) is 1. The lowest BCUT2D eigenvalue weighted by Crippen LogP contribution is -2.11. The average molecular weight is 250 g/mol. The molecule has 2 aromatic heterocycles. The van der Waals surface area contributed by atoms with Gasteiger partial charge in [0.25, 0.3) is 5.91 Å². The van der Waals surface area contributed by atoms with Crippen LogP contribution in [0.25, 0.3) is 11.0 Å². The van der Waals surface area contributed by atoms with Gasteiger partial charge in [-0.2, -0.15) is 0 Å². The van der Waals surface area contributed by atoms with Crippen LogP contribution >= 0.6 is 0 Å². The summed E-state index contributed by atoms with van der Waals surface area (Å²) in [6.45, 7) is 0. The zero-order chi connectivity index (χ0) is 13.1. The van der Waals surface area contributed by atoms with Gasteiger partial charge in [0.2, 0.25) is 0 Å². The SMILES string of the molecule is O=C(Nc1ccncc1)c1ccc2nccnc2c1. The van der Waals surface area contributed by atoms with Crippen LogP contribution in [0.15, 0.2) is 55.1 Å². The predicted octanol–water partition coefficient (Wildman–Crippen LogP) is 2.28. The summed E-state index contributed by atoms with van der Waals surface area (Å²) in [5.74, 6) is -0.182. The minimum absolute atomic E-state index is 0.182. The molecule has 0 aliphatic heterocycles. The molecule has 0 aliphatic rings. The molecular formula is C14H10N4O. The Kier molecular flexibility index (Phi) is 2.86. The Morgan fingerprint density at radius 1 is 0.895 bits per heavy atom. The Morgan fingerprint density at radius 3 is 2.42 bits per heavy atom. The van der Waals surface area contributed by atoms with Crippen LogP contribution in [0.4, 0.5) is 5.69 Å². The van der Waals surface area contributed by atoms with Gasteiger partial charge in [-0.25, -0.2) is 0 Å². The quantitative estimate of drug-likeness (QED) is 0.757. The number of aromatic nitrogens is 3. The summed E-state index contributed by atoms with van der Waals surface area (Å²) in [4.78, 5) is 24.3. The van der Waals surface area contributed by atoms with Crippen LogP contribution in [0.2, 0.25) is 0 Å². The fraction of sp³-hybridized carbons (Fsp3) is 0. The number of hydrogen-bond acceptors (Lipinski definition) is 4. The Hall–Kier alpha value is -2.82. The number of amides is 1. The van der Waals surface area contributed by atoms with Gasteiger partial charge in [-0.05, 0) is 30.3 Å². The van der Waals surface area contributed by atoms with Crippen LogP contribution in [0.1, 0.15) is 10.4 Å². The smallest absolute Gasteiger partial charge is 0.255 e. The van der Waals surface area contributed by atoms with E-state index >= 15 is 0 Å². The van der Waals surface area contributed by atoms with Crippen molar-refractivity contribution < 1.29 is 4.79 Å². The zero-order valence-electron chi connectivity index (χ0n) is 9.95. The molecule has 5 heteroatoms. The number of benzene rings is 1. The number of hydrogen-bond donors (Lipinski definition) is 1. The fourth-order valence-corrected chi connectivity index (χ4v) is 1.74. The van der Waals surface area contributed by atoms with Crippen molar-refractivity contribution in [3.8, 4) is 0 Å². The van der Waals surface area contributed by atoms with Crippen LogP contribution in [0.3, 0.4) is 0 Å². The largest absolute Gasteiger partial charge is 0.322 e. The number of nitrogens with zero attached hydrogens (tertiary/aromatic N) is 3. The van der Waals surface area contributed by atoms with Gasteiger partial charge in [0.1, 0.15) is 0 Å².